The van der Waals surface area contributed by atoms with Gasteiger partial charge in [0, 0.05) is 6.04 Å². The molecule has 0 heterocycles. The molecule has 2 saturated carbocycles. The summed E-state index contributed by atoms with van der Waals surface area (Å²) in [6, 6.07) is 0.825. The van der Waals surface area contributed by atoms with E-state index in [1.54, 1.807) is 0 Å². The lowest BCUT2D eigenvalue weighted by atomic mass is 9.81. The Kier molecular flexibility index (Phi) is 4.69. The molecule has 0 saturated heterocycles. The average molecular weight is 223 g/mol. The first kappa shape index (κ1) is 12.4. The second kappa shape index (κ2) is 6.05. The van der Waals surface area contributed by atoms with Gasteiger partial charge >= 0.3 is 0 Å². The highest BCUT2D eigenvalue weighted by atomic mass is 14.9. The molecule has 16 heavy (non-hydrogen) atoms. The molecule has 0 radical (unpaired) electrons. The molecule has 2 aliphatic carbocycles. The zero-order valence-corrected chi connectivity index (χ0v) is 11.2. The zero-order chi connectivity index (χ0) is 11.4. The molecule has 0 spiro atoms. The summed E-state index contributed by atoms with van der Waals surface area (Å²) in [5.74, 6) is 2.86. The predicted molar refractivity (Wildman–Crippen MR) is 70.5 cm³/mol. The second-order valence-electron chi connectivity index (χ2n) is 6.41. The van der Waals surface area contributed by atoms with Crippen LogP contribution >= 0.6 is 0 Å². The van der Waals surface area contributed by atoms with Crippen molar-refractivity contribution < 1.29 is 0 Å². The van der Waals surface area contributed by atoms with Gasteiger partial charge in [0.15, 0.2) is 0 Å². The molecule has 1 N–H and O–H groups in total. The topological polar surface area (TPSA) is 12.0 Å². The van der Waals surface area contributed by atoms with Crippen LogP contribution < -0.4 is 5.32 Å². The van der Waals surface area contributed by atoms with Crippen molar-refractivity contribution in [3.8, 4) is 0 Å². The van der Waals surface area contributed by atoms with E-state index in [2.05, 4.69) is 19.2 Å². The third-order valence-electron chi connectivity index (χ3n) is 4.83. The lowest BCUT2D eigenvalue weighted by Gasteiger charge is -2.33. The minimum Gasteiger partial charge on any atom is -0.313 e. The van der Waals surface area contributed by atoms with Crippen LogP contribution in [0.15, 0.2) is 0 Å². The van der Waals surface area contributed by atoms with Gasteiger partial charge in [-0.25, -0.2) is 0 Å². The van der Waals surface area contributed by atoms with Crippen LogP contribution in [0.25, 0.3) is 0 Å². The van der Waals surface area contributed by atoms with Gasteiger partial charge in [-0.2, -0.15) is 0 Å². The largest absolute Gasteiger partial charge is 0.313 e. The monoisotopic (exact) mass is 223 g/mol. The highest BCUT2D eigenvalue weighted by Gasteiger charge is 2.23. The van der Waals surface area contributed by atoms with Gasteiger partial charge < -0.3 is 5.32 Å². The molecule has 4 atom stereocenters. The normalized spacial score (nSPS) is 40.9. The SMILES string of the molecule is CC1CCCC(CNC2CCCCC2C)C1. The molecule has 4 unspecified atom stereocenters. The summed E-state index contributed by atoms with van der Waals surface area (Å²) in [7, 11) is 0. The van der Waals surface area contributed by atoms with Crippen molar-refractivity contribution in [3.63, 3.8) is 0 Å². The average Bonchev–Trinajstić information content (AvgIpc) is 2.28. The van der Waals surface area contributed by atoms with Crippen LogP contribution in [0.2, 0.25) is 0 Å². The molecule has 0 aromatic carbocycles. The summed E-state index contributed by atoms with van der Waals surface area (Å²) in [4.78, 5) is 0. The third kappa shape index (κ3) is 3.48. The quantitative estimate of drug-likeness (QED) is 0.763. The Balaban J connectivity index is 1.69. The van der Waals surface area contributed by atoms with E-state index in [-0.39, 0.29) is 0 Å². The van der Waals surface area contributed by atoms with E-state index >= 15 is 0 Å². The van der Waals surface area contributed by atoms with Crippen molar-refractivity contribution in [2.45, 2.75) is 71.3 Å². The van der Waals surface area contributed by atoms with E-state index in [0.29, 0.717) is 0 Å². The Morgan fingerprint density at radius 3 is 2.50 bits per heavy atom. The van der Waals surface area contributed by atoms with E-state index in [1.807, 2.05) is 0 Å². The fourth-order valence-electron chi connectivity index (χ4n) is 3.68. The van der Waals surface area contributed by atoms with E-state index < -0.39 is 0 Å². The summed E-state index contributed by atoms with van der Waals surface area (Å²) >= 11 is 0. The van der Waals surface area contributed by atoms with E-state index in [9.17, 15) is 0 Å². The smallest absolute Gasteiger partial charge is 0.00928 e. The zero-order valence-electron chi connectivity index (χ0n) is 11.2. The number of nitrogens with one attached hydrogen (secondary N) is 1. The van der Waals surface area contributed by atoms with E-state index in [4.69, 9.17) is 0 Å². The fourth-order valence-corrected chi connectivity index (χ4v) is 3.68. The van der Waals surface area contributed by atoms with Crippen LogP contribution in [-0.2, 0) is 0 Å². The van der Waals surface area contributed by atoms with Crippen LogP contribution in [0.5, 0.6) is 0 Å². The molecular weight excluding hydrogens is 194 g/mol. The van der Waals surface area contributed by atoms with Crippen molar-refractivity contribution in [1.29, 1.82) is 0 Å². The lowest BCUT2D eigenvalue weighted by Crippen LogP contribution is -2.40. The highest BCUT2D eigenvalue weighted by Crippen LogP contribution is 2.29. The molecule has 2 aliphatic rings. The molecular formula is C15H29N. The minimum absolute atomic E-state index is 0.825. The summed E-state index contributed by atoms with van der Waals surface area (Å²) < 4.78 is 0. The predicted octanol–water partition coefficient (Wildman–Crippen LogP) is 3.98. The molecule has 1 nitrogen and oxygen atoms in total. The first-order chi connectivity index (χ1) is 7.75. The van der Waals surface area contributed by atoms with Gasteiger partial charge in [-0.1, -0.05) is 39.5 Å². The molecule has 0 aromatic rings. The number of rotatable bonds is 3. The molecule has 2 fully saturated rings. The Bertz CT molecular complexity index is 202. The maximum absolute atomic E-state index is 3.86. The summed E-state index contributed by atoms with van der Waals surface area (Å²) in [6.45, 7) is 6.15. The Hall–Kier alpha value is -0.0400. The molecule has 0 bridgehead atoms. The summed E-state index contributed by atoms with van der Waals surface area (Å²) in [6.07, 6.45) is 11.6. The first-order valence-electron chi connectivity index (χ1n) is 7.49. The van der Waals surface area contributed by atoms with Crippen molar-refractivity contribution in [1.82, 2.24) is 5.32 Å². The number of hydrogen-bond acceptors (Lipinski definition) is 1. The summed E-state index contributed by atoms with van der Waals surface area (Å²) in [5.41, 5.74) is 0. The molecule has 0 amide bonds. The van der Waals surface area contributed by atoms with Crippen LogP contribution in [0.1, 0.15) is 65.2 Å². The Morgan fingerprint density at radius 1 is 0.938 bits per heavy atom. The van der Waals surface area contributed by atoms with Crippen molar-refractivity contribution in [3.05, 3.63) is 0 Å². The maximum Gasteiger partial charge on any atom is 0.00928 e. The standard InChI is InChI=1S/C15H29N/c1-12-6-5-8-14(10-12)11-16-15-9-4-3-7-13(15)2/h12-16H,3-11H2,1-2H3. The molecule has 0 aromatic heterocycles. The molecule has 1 heteroatoms. The molecule has 2 rings (SSSR count). The Morgan fingerprint density at radius 2 is 1.75 bits per heavy atom. The van der Waals surface area contributed by atoms with Gasteiger partial charge in [0.1, 0.15) is 0 Å². The minimum atomic E-state index is 0.825. The first-order valence-corrected chi connectivity index (χ1v) is 7.49. The van der Waals surface area contributed by atoms with Gasteiger partial charge in [0.25, 0.3) is 0 Å². The van der Waals surface area contributed by atoms with Gasteiger partial charge in [-0.05, 0) is 50.0 Å². The molecule has 0 aliphatic heterocycles. The second-order valence-corrected chi connectivity index (χ2v) is 6.41. The summed E-state index contributed by atoms with van der Waals surface area (Å²) in [5, 5.41) is 3.86. The van der Waals surface area contributed by atoms with Gasteiger partial charge in [0.05, 0.1) is 0 Å². The van der Waals surface area contributed by atoms with Crippen LogP contribution in [-0.4, -0.2) is 12.6 Å². The lowest BCUT2D eigenvalue weighted by molar-refractivity contribution is 0.230. The fraction of sp³-hybridized carbons (Fsp3) is 1.00. The van der Waals surface area contributed by atoms with Crippen LogP contribution in [0.4, 0.5) is 0 Å². The van der Waals surface area contributed by atoms with Crippen molar-refractivity contribution in [2.75, 3.05) is 6.54 Å². The van der Waals surface area contributed by atoms with E-state index in [0.717, 1.165) is 23.8 Å². The molecule has 94 valence electrons. The van der Waals surface area contributed by atoms with Gasteiger partial charge in [-0.15, -0.1) is 0 Å². The van der Waals surface area contributed by atoms with Crippen LogP contribution in [0.3, 0.4) is 0 Å². The van der Waals surface area contributed by atoms with Crippen LogP contribution in [0, 0.1) is 17.8 Å². The number of hydrogen-bond donors (Lipinski definition) is 1. The van der Waals surface area contributed by atoms with E-state index in [1.165, 1.54) is 57.9 Å². The third-order valence-corrected chi connectivity index (χ3v) is 4.83. The van der Waals surface area contributed by atoms with Gasteiger partial charge in [0.2, 0.25) is 0 Å². The maximum atomic E-state index is 3.86. The van der Waals surface area contributed by atoms with Gasteiger partial charge in [-0.3, -0.25) is 0 Å². The van der Waals surface area contributed by atoms with Crippen molar-refractivity contribution in [2.24, 2.45) is 17.8 Å². The highest BCUT2D eigenvalue weighted by molar-refractivity contribution is 4.80. The Labute approximate surface area is 101 Å². The van der Waals surface area contributed by atoms with Crippen molar-refractivity contribution >= 4 is 0 Å².